The highest BCUT2D eigenvalue weighted by molar-refractivity contribution is 14.1. The molecule has 0 fully saturated rings. The highest BCUT2D eigenvalue weighted by atomic mass is 127. The molecule has 0 heterocycles. The van der Waals surface area contributed by atoms with E-state index in [1.54, 1.807) is 0 Å². The maximum atomic E-state index is 8.58. The molecule has 0 spiro atoms. The van der Waals surface area contributed by atoms with Gasteiger partial charge >= 0.3 is 0 Å². The lowest BCUT2D eigenvalue weighted by atomic mass is 10.2. The van der Waals surface area contributed by atoms with Crippen LogP contribution in [0.5, 0.6) is 0 Å². The minimum atomic E-state index is 0.155. The summed E-state index contributed by atoms with van der Waals surface area (Å²) in [6.07, 6.45) is 1.96. The summed E-state index contributed by atoms with van der Waals surface area (Å²) in [5, 5.41) is 8.58. The third kappa shape index (κ3) is 4.66. The lowest BCUT2D eigenvalue weighted by Gasteiger charge is -1.92. The van der Waals surface area contributed by atoms with E-state index in [4.69, 9.17) is 5.11 Å². The average molecular weight is 238 g/mol. The van der Waals surface area contributed by atoms with Crippen LogP contribution in [0.3, 0.4) is 0 Å². The van der Waals surface area contributed by atoms with Crippen LogP contribution >= 0.6 is 22.6 Å². The van der Waals surface area contributed by atoms with Crippen LogP contribution in [0.25, 0.3) is 0 Å². The van der Waals surface area contributed by atoms with E-state index in [1.165, 1.54) is 5.57 Å². The van der Waals surface area contributed by atoms with Gasteiger partial charge in [0.1, 0.15) is 0 Å². The van der Waals surface area contributed by atoms with Gasteiger partial charge in [-0.15, -0.1) is 0 Å². The third-order valence-electron chi connectivity index (χ3n) is 0.896. The monoisotopic (exact) mass is 238 g/mol. The number of allylic oxidation sites excluding steroid dienone is 2. The predicted molar refractivity (Wildman–Crippen MR) is 48.6 cm³/mol. The molecule has 0 aliphatic rings. The molecule has 0 saturated heterocycles. The summed E-state index contributed by atoms with van der Waals surface area (Å²) in [6.45, 7) is 4.07. The number of halogens is 1. The van der Waals surface area contributed by atoms with Crippen LogP contribution in [-0.4, -0.2) is 11.7 Å². The van der Waals surface area contributed by atoms with Crippen molar-refractivity contribution in [3.8, 4) is 0 Å². The van der Waals surface area contributed by atoms with Crippen LogP contribution in [-0.2, 0) is 0 Å². The van der Waals surface area contributed by atoms with Gasteiger partial charge in [0.2, 0.25) is 0 Å². The van der Waals surface area contributed by atoms with Crippen molar-refractivity contribution < 1.29 is 5.11 Å². The Morgan fingerprint density at radius 3 is 2.44 bits per heavy atom. The number of aliphatic hydroxyl groups excluding tert-OH is 1. The molecule has 0 rings (SSSR count). The molecule has 9 heavy (non-hydrogen) atoms. The molecule has 1 N–H and O–H groups in total. The van der Waals surface area contributed by atoms with Gasteiger partial charge in [-0.05, 0) is 29.1 Å². The minimum Gasteiger partial charge on any atom is -0.392 e. The van der Waals surface area contributed by atoms with E-state index in [-0.39, 0.29) is 6.61 Å². The Kier molecular flexibility index (Phi) is 5.09. The van der Waals surface area contributed by atoms with E-state index in [0.717, 1.165) is 5.57 Å². The van der Waals surface area contributed by atoms with Crippen molar-refractivity contribution in [2.45, 2.75) is 13.8 Å². The van der Waals surface area contributed by atoms with Gasteiger partial charge in [0.25, 0.3) is 0 Å². The van der Waals surface area contributed by atoms with E-state index in [9.17, 15) is 0 Å². The van der Waals surface area contributed by atoms with Crippen LogP contribution in [0.2, 0.25) is 0 Å². The zero-order valence-corrected chi connectivity index (χ0v) is 7.84. The molecule has 0 aromatic rings. The fourth-order valence-corrected chi connectivity index (χ4v) is 0.646. The second-order valence-electron chi connectivity index (χ2n) is 2.00. The van der Waals surface area contributed by atoms with Crippen LogP contribution < -0.4 is 0 Å². The first-order valence-electron chi connectivity index (χ1n) is 2.75. The van der Waals surface area contributed by atoms with E-state index >= 15 is 0 Å². The van der Waals surface area contributed by atoms with Crippen molar-refractivity contribution in [3.05, 3.63) is 21.3 Å². The van der Waals surface area contributed by atoms with Crippen molar-refractivity contribution in [1.29, 1.82) is 0 Å². The summed E-state index contributed by atoms with van der Waals surface area (Å²) < 4.78 is 1.98. The van der Waals surface area contributed by atoms with Gasteiger partial charge < -0.3 is 5.11 Å². The highest BCUT2D eigenvalue weighted by Crippen LogP contribution is 2.02. The molecule has 0 aliphatic heterocycles. The molecular formula is C7H11IO. The molecule has 1 nitrogen and oxygen atoms in total. The number of rotatable bonds is 2. The lowest BCUT2D eigenvalue weighted by Crippen LogP contribution is -1.83. The lowest BCUT2D eigenvalue weighted by molar-refractivity contribution is 0.331. The molecule has 52 valence electrons. The molecule has 0 aromatic heterocycles. The first-order valence-corrected chi connectivity index (χ1v) is 4.00. The molecule has 0 radical (unpaired) electrons. The van der Waals surface area contributed by atoms with Gasteiger partial charge in [-0.1, -0.05) is 28.7 Å². The van der Waals surface area contributed by atoms with Gasteiger partial charge in [0, 0.05) is 0 Å². The summed E-state index contributed by atoms with van der Waals surface area (Å²) in [5.74, 6) is 0. The van der Waals surface area contributed by atoms with Gasteiger partial charge in [-0.3, -0.25) is 0 Å². The zero-order valence-electron chi connectivity index (χ0n) is 5.69. The van der Waals surface area contributed by atoms with E-state index in [1.807, 2.05) is 24.0 Å². The average Bonchev–Trinajstić information content (AvgIpc) is 1.87. The maximum Gasteiger partial charge on any atom is 0.0642 e. The molecule has 2 heteroatoms. The smallest absolute Gasteiger partial charge is 0.0642 e. The van der Waals surface area contributed by atoms with Gasteiger partial charge in [0.15, 0.2) is 0 Å². The van der Waals surface area contributed by atoms with Gasteiger partial charge in [0.05, 0.1) is 6.61 Å². The Morgan fingerprint density at radius 2 is 2.11 bits per heavy atom. The summed E-state index contributed by atoms with van der Waals surface area (Å²) >= 11 is 2.17. The first-order chi connectivity index (χ1) is 4.20. The summed E-state index contributed by atoms with van der Waals surface area (Å²) in [5.41, 5.74) is 2.18. The van der Waals surface area contributed by atoms with E-state index in [0.29, 0.717) is 0 Å². The molecule has 0 amide bonds. The van der Waals surface area contributed by atoms with Crippen molar-refractivity contribution >= 4 is 22.6 Å². The summed E-state index contributed by atoms with van der Waals surface area (Å²) in [7, 11) is 0. The standard InChI is InChI=1S/C7H11IO/c1-6(4-8)3-7(2)5-9/h3-4,9H,5H2,1-2H3/b6-4-,7-3+. The first kappa shape index (κ1) is 9.17. The maximum absolute atomic E-state index is 8.58. The molecule has 0 saturated carbocycles. The van der Waals surface area contributed by atoms with Crippen LogP contribution in [0, 0.1) is 0 Å². The van der Waals surface area contributed by atoms with E-state index < -0.39 is 0 Å². The Bertz CT molecular complexity index is 136. The number of hydrogen-bond donors (Lipinski definition) is 1. The second kappa shape index (κ2) is 4.99. The van der Waals surface area contributed by atoms with Crippen LogP contribution in [0.4, 0.5) is 0 Å². The SMILES string of the molecule is CC(=C/I)/C=C(\C)CO. The van der Waals surface area contributed by atoms with Crippen molar-refractivity contribution in [3.63, 3.8) is 0 Å². The van der Waals surface area contributed by atoms with Crippen LogP contribution in [0.1, 0.15) is 13.8 Å². The zero-order chi connectivity index (χ0) is 7.28. The van der Waals surface area contributed by atoms with Crippen molar-refractivity contribution in [1.82, 2.24) is 0 Å². The number of hydrogen-bond acceptors (Lipinski definition) is 1. The predicted octanol–water partition coefficient (Wildman–Crippen LogP) is 2.26. The molecule has 0 bridgehead atoms. The fourth-order valence-electron chi connectivity index (χ4n) is 0.466. The van der Waals surface area contributed by atoms with Crippen LogP contribution in [0.15, 0.2) is 21.3 Å². The minimum absolute atomic E-state index is 0.155. The topological polar surface area (TPSA) is 20.2 Å². The number of aliphatic hydroxyl groups is 1. The molecule has 0 unspecified atom stereocenters. The Hall–Kier alpha value is 0.170. The molecule has 0 atom stereocenters. The van der Waals surface area contributed by atoms with Gasteiger partial charge in [-0.25, -0.2) is 0 Å². The third-order valence-corrected chi connectivity index (χ3v) is 1.88. The highest BCUT2D eigenvalue weighted by Gasteiger charge is 1.84. The molecule has 0 aliphatic carbocycles. The Morgan fingerprint density at radius 1 is 1.56 bits per heavy atom. The molecular weight excluding hydrogens is 227 g/mol. The van der Waals surface area contributed by atoms with Gasteiger partial charge in [-0.2, -0.15) is 0 Å². The summed E-state index contributed by atoms with van der Waals surface area (Å²) in [4.78, 5) is 0. The largest absolute Gasteiger partial charge is 0.392 e. The summed E-state index contributed by atoms with van der Waals surface area (Å²) in [6, 6.07) is 0. The van der Waals surface area contributed by atoms with Crippen molar-refractivity contribution in [2.24, 2.45) is 0 Å². The Labute approximate surface area is 69.6 Å². The van der Waals surface area contributed by atoms with Crippen molar-refractivity contribution in [2.75, 3.05) is 6.61 Å². The van der Waals surface area contributed by atoms with E-state index in [2.05, 4.69) is 22.6 Å². The second-order valence-corrected chi connectivity index (χ2v) is 2.62. The fraction of sp³-hybridized carbons (Fsp3) is 0.429. The normalized spacial score (nSPS) is 14.2. The Balaban J connectivity index is 3.95. The quantitative estimate of drug-likeness (QED) is 0.577. The molecule has 0 aromatic carbocycles.